The van der Waals surface area contributed by atoms with Crippen molar-refractivity contribution in [3.63, 3.8) is 0 Å². The third kappa shape index (κ3) is 3.34. The van der Waals surface area contributed by atoms with E-state index in [9.17, 15) is 9.59 Å². The van der Waals surface area contributed by atoms with Gasteiger partial charge in [0.25, 0.3) is 0 Å². The van der Waals surface area contributed by atoms with Crippen molar-refractivity contribution in [1.82, 2.24) is 15.6 Å². The third-order valence-corrected chi connectivity index (χ3v) is 7.75. The molecule has 2 aromatic rings. The number of benzene rings is 1. The molecule has 27 heavy (non-hydrogen) atoms. The molecule has 3 fully saturated rings. The van der Waals surface area contributed by atoms with Crippen molar-refractivity contribution in [2.45, 2.75) is 62.9 Å². The zero-order valence-corrected chi connectivity index (χ0v) is 16.5. The first-order chi connectivity index (χ1) is 13.0. The standard InChI is InChI=1S/C20H22ClN3O2S/c21-12-1-3-16-15(5-12)24-19(27-16)11-7-20(8-11)9-14(10-20)23-18(26)6-13-2-4-17(25)22-13/h1,3,5,11,13-14H,2,4,6-10H2,(H,22,25)(H,23,26). The van der Waals surface area contributed by atoms with Crippen molar-refractivity contribution in [2.24, 2.45) is 5.41 Å². The van der Waals surface area contributed by atoms with Crippen LogP contribution in [0.15, 0.2) is 18.2 Å². The Morgan fingerprint density at radius 1 is 1.33 bits per heavy atom. The van der Waals surface area contributed by atoms with Crippen molar-refractivity contribution in [3.05, 3.63) is 28.2 Å². The molecule has 1 spiro atoms. The molecule has 1 aliphatic heterocycles. The molecule has 142 valence electrons. The summed E-state index contributed by atoms with van der Waals surface area (Å²) in [6, 6.07) is 6.23. The third-order valence-electron chi connectivity index (χ3n) is 6.31. The maximum absolute atomic E-state index is 12.2. The number of halogens is 1. The number of rotatable bonds is 4. The lowest BCUT2D eigenvalue weighted by molar-refractivity contribution is -0.125. The summed E-state index contributed by atoms with van der Waals surface area (Å²) in [5, 5.41) is 7.96. The van der Waals surface area contributed by atoms with Gasteiger partial charge < -0.3 is 10.6 Å². The molecule has 2 amide bonds. The normalized spacial score (nSPS) is 32.2. The Kier molecular flexibility index (Phi) is 4.17. The van der Waals surface area contributed by atoms with E-state index in [2.05, 4.69) is 16.7 Å². The van der Waals surface area contributed by atoms with Crippen LogP contribution in [0.4, 0.5) is 0 Å². The van der Waals surface area contributed by atoms with Crippen LogP contribution in [0.1, 0.15) is 55.9 Å². The fourth-order valence-corrected chi connectivity index (χ4v) is 6.23. The fraction of sp³-hybridized carbons (Fsp3) is 0.550. The van der Waals surface area contributed by atoms with E-state index in [1.54, 1.807) is 11.3 Å². The van der Waals surface area contributed by atoms with E-state index in [0.29, 0.717) is 30.2 Å². The molecule has 2 saturated carbocycles. The molecule has 1 saturated heterocycles. The number of nitrogens with zero attached hydrogens (tertiary/aromatic N) is 1. The minimum atomic E-state index is 0.0205. The molecule has 5 rings (SSSR count). The van der Waals surface area contributed by atoms with Gasteiger partial charge in [0, 0.05) is 35.9 Å². The van der Waals surface area contributed by atoms with Gasteiger partial charge in [-0.2, -0.15) is 0 Å². The molecule has 2 N–H and O–H groups in total. The largest absolute Gasteiger partial charge is 0.353 e. The number of hydrogen-bond donors (Lipinski definition) is 2. The van der Waals surface area contributed by atoms with Gasteiger partial charge in [-0.3, -0.25) is 9.59 Å². The van der Waals surface area contributed by atoms with Crippen LogP contribution in [-0.4, -0.2) is 28.9 Å². The van der Waals surface area contributed by atoms with Gasteiger partial charge in [-0.15, -0.1) is 11.3 Å². The van der Waals surface area contributed by atoms with Crippen LogP contribution in [0, 0.1) is 5.41 Å². The van der Waals surface area contributed by atoms with Crippen LogP contribution in [0.5, 0.6) is 0 Å². The van der Waals surface area contributed by atoms with Crippen LogP contribution in [0.2, 0.25) is 5.02 Å². The second-order valence-corrected chi connectivity index (χ2v) is 9.95. The summed E-state index contributed by atoms with van der Waals surface area (Å²) < 4.78 is 1.20. The predicted octanol–water partition coefficient (Wildman–Crippen LogP) is 3.76. The molecule has 1 aromatic carbocycles. The molecule has 1 atom stereocenters. The number of thiazole rings is 1. The number of carbonyl (C=O) groups excluding carboxylic acids is 2. The Balaban J connectivity index is 1.11. The summed E-state index contributed by atoms with van der Waals surface area (Å²) in [5.41, 5.74) is 1.40. The molecule has 3 aliphatic rings. The summed E-state index contributed by atoms with van der Waals surface area (Å²) in [4.78, 5) is 28.2. The summed E-state index contributed by atoms with van der Waals surface area (Å²) in [5.74, 6) is 0.681. The lowest BCUT2D eigenvalue weighted by Crippen LogP contribution is -2.56. The lowest BCUT2D eigenvalue weighted by Gasteiger charge is -2.57. The number of hydrogen-bond acceptors (Lipinski definition) is 4. The SMILES string of the molecule is O=C1CCC(CC(=O)NC2CC3(C2)CC(c2nc4cc(Cl)ccc4s2)C3)N1. The highest BCUT2D eigenvalue weighted by atomic mass is 35.5. The van der Waals surface area contributed by atoms with Crippen LogP contribution < -0.4 is 10.6 Å². The monoisotopic (exact) mass is 403 g/mol. The minimum absolute atomic E-state index is 0.0205. The van der Waals surface area contributed by atoms with Gasteiger partial charge in [-0.25, -0.2) is 4.98 Å². The first-order valence-corrected chi connectivity index (χ1v) is 10.8. The van der Waals surface area contributed by atoms with Gasteiger partial charge in [0.05, 0.1) is 15.2 Å². The second-order valence-electron chi connectivity index (χ2n) is 8.45. The van der Waals surface area contributed by atoms with Gasteiger partial charge in [-0.1, -0.05) is 11.6 Å². The Morgan fingerprint density at radius 3 is 2.89 bits per heavy atom. The topological polar surface area (TPSA) is 71.1 Å². The van der Waals surface area contributed by atoms with Crippen molar-refractivity contribution in [1.29, 1.82) is 0 Å². The minimum Gasteiger partial charge on any atom is -0.353 e. The predicted molar refractivity (Wildman–Crippen MR) is 106 cm³/mol. The highest BCUT2D eigenvalue weighted by molar-refractivity contribution is 7.18. The lowest BCUT2D eigenvalue weighted by atomic mass is 9.50. The van der Waals surface area contributed by atoms with Crippen LogP contribution in [-0.2, 0) is 9.59 Å². The van der Waals surface area contributed by atoms with Crippen LogP contribution in [0.3, 0.4) is 0 Å². The Bertz CT molecular complexity index is 913. The maximum Gasteiger partial charge on any atom is 0.222 e. The van der Waals surface area contributed by atoms with Gasteiger partial charge >= 0.3 is 0 Å². The van der Waals surface area contributed by atoms with Crippen molar-refractivity contribution >= 4 is 45.0 Å². The average molecular weight is 404 g/mol. The van der Waals surface area contributed by atoms with Crippen LogP contribution in [0.25, 0.3) is 10.2 Å². The van der Waals surface area contributed by atoms with E-state index in [0.717, 1.165) is 29.8 Å². The summed E-state index contributed by atoms with van der Waals surface area (Å²) in [6.07, 6.45) is 6.22. The zero-order chi connectivity index (χ0) is 18.6. The molecular formula is C20H22ClN3O2S. The molecular weight excluding hydrogens is 382 g/mol. The zero-order valence-electron chi connectivity index (χ0n) is 15.0. The molecule has 0 bridgehead atoms. The molecule has 1 unspecified atom stereocenters. The van der Waals surface area contributed by atoms with E-state index >= 15 is 0 Å². The van der Waals surface area contributed by atoms with Crippen molar-refractivity contribution < 1.29 is 9.59 Å². The second kappa shape index (κ2) is 6.45. The Morgan fingerprint density at radius 2 is 2.15 bits per heavy atom. The average Bonchev–Trinajstić information content (AvgIpc) is 3.13. The van der Waals surface area contributed by atoms with Gasteiger partial charge in [0.2, 0.25) is 11.8 Å². The van der Waals surface area contributed by atoms with Gasteiger partial charge in [0.1, 0.15) is 0 Å². The highest BCUT2D eigenvalue weighted by Gasteiger charge is 2.54. The quantitative estimate of drug-likeness (QED) is 0.816. The molecule has 0 radical (unpaired) electrons. The summed E-state index contributed by atoms with van der Waals surface area (Å²) in [7, 11) is 0. The number of aromatic nitrogens is 1. The van der Waals surface area contributed by atoms with E-state index in [1.165, 1.54) is 22.5 Å². The van der Waals surface area contributed by atoms with Crippen molar-refractivity contribution in [2.75, 3.05) is 0 Å². The van der Waals surface area contributed by atoms with Crippen LogP contribution >= 0.6 is 22.9 Å². The van der Waals surface area contributed by atoms with E-state index < -0.39 is 0 Å². The first-order valence-electron chi connectivity index (χ1n) is 9.63. The van der Waals surface area contributed by atoms with E-state index in [1.807, 2.05) is 12.1 Å². The number of carbonyl (C=O) groups is 2. The Hall–Kier alpha value is -1.66. The van der Waals surface area contributed by atoms with Crippen molar-refractivity contribution in [3.8, 4) is 0 Å². The Labute approximate surface area is 166 Å². The first kappa shape index (κ1) is 17.4. The smallest absolute Gasteiger partial charge is 0.222 e. The van der Waals surface area contributed by atoms with E-state index in [4.69, 9.17) is 16.6 Å². The molecule has 5 nitrogen and oxygen atoms in total. The summed E-state index contributed by atoms with van der Waals surface area (Å²) >= 11 is 7.84. The van der Waals surface area contributed by atoms with E-state index in [-0.39, 0.29) is 17.9 Å². The molecule has 2 aliphatic carbocycles. The summed E-state index contributed by atoms with van der Waals surface area (Å²) in [6.45, 7) is 0. The number of nitrogens with one attached hydrogen (secondary N) is 2. The highest BCUT2D eigenvalue weighted by Crippen LogP contribution is 2.62. The molecule has 1 aromatic heterocycles. The number of fused-ring (bicyclic) bond motifs is 1. The fourth-order valence-electron chi connectivity index (χ4n) is 5.02. The van der Waals surface area contributed by atoms with Gasteiger partial charge in [-0.05, 0) is 55.7 Å². The molecule has 2 heterocycles. The molecule has 7 heteroatoms. The number of amides is 2. The maximum atomic E-state index is 12.2. The van der Waals surface area contributed by atoms with Gasteiger partial charge in [0.15, 0.2) is 0 Å².